The third-order valence-corrected chi connectivity index (χ3v) is 5.42. The van der Waals surface area contributed by atoms with Gasteiger partial charge in [0.25, 0.3) is 5.91 Å². The van der Waals surface area contributed by atoms with E-state index >= 15 is 0 Å². The van der Waals surface area contributed by atoms with Gasteiger partial charge < -0.3 is 31.2 Å². The van der Waals surface area contributed by atoms with Crippen molar-refractivity contribution in [2.45, 2.75) is 64.7 Å². The van der Waals surface area contributed by atoms with E-state index in [1.165, 1.54) is 0 Å². The zero-order chi connectivity index (χ0) is 27.5. The highest BCUT2D eigenvalue weighted by molar-refractivity contribution is 5.98. The maximum atomic E-state index is 13.3. The van der Waals surface area contributed by atoms with E-state index < -0.39 is 24.2 Å². The number of carboxylic acids is 1. The smallest absolute Gasteiger partial charge is 0.430 e. The van der Waals surface area contributed by atoms with Crippen LogP contribution in [0.25, 0.3) is 0 Å². The van der Waals surface area contributed by atoms with Crippen LogP contribution in [0.4, 0.5) is 13.2 Å². The van der Waals surface area contributed by atoms with Gasteiger partial charge in [-0.1, -0.05) is 31.5 Å². The molecule has 0 bridgehead atoms. The quantitative estimate of drug-likeness (QED) is 0.401. The number of rotatable bonds is 9. The van der Waals surface area contributed by atoms with Crippen molar-refractivity contribution in [1.29, 1.82) is 0 Å². The van der Waals surface area contributed by atoms with Crippen molar-refractivity contribution in [2.24, 2.45) is 5.92 Å². The van der Waals surface area contributed by atoms with Crippen LogP contribution < -0.4 is 21.5 Å². The summed E-state index contributed by atoms with van der Waals surface area (Å²) in [5, 5.41) is 14.6. The number of likely N-dealkylation sites (tertiary alicyclic amines) is 1. The van der Waals surface area contributed by atoms with Gasteiger partial charge in [0, 0.05) is 25.1 Å². The van der Waals surface area contributed by atoms with Crippen molar-refractivity contribution in [2.75, 3.05) is 19.6 Å². The molecule has 0 radical (unpaired) electrons. The van der Waals surface area contributed by atoms with Crippen molar-refractivity contribution < 1.29 is 43.2 Å². The number of halogens is 3. The van der Waals surface area contributed by atoms with E-state index in [-0.39, 0.29) is 23.6 Å². The number of aliphatic carboxylic acids is 1. The lowest BCUT2D eigenvalue weighted by Gasteiger charge is -2.29. The molecule has 5 N–H and O–H groups in total. The first-order valence-corrected chi connectivity index (χ1v) is 11.8. The van der Waals surface area contributed by atoms with Crippen LogP contribution in [-0.4, -0.2) is 66.5 Å². The van der Waals surface area contributed by atoms with Gasteiger partial charge in [0.15, 0.2) is 0 Å². The molecule has 0 aromatic heterocycles. The molecule has 1 aliphatic heterocycles. The Balaban J connectivity index is 0.000000809. The van der Waals surface area contributed by atoms with Crippen molar-refractivity contribution in [3.8, 4) is 0 Å². The number of amides is 3. The van der Waals surface area contributed by atoms with Crippen LogP contribution in [-0.2, 0) is 14.4 Å². The van der Waals surface area contributed by atoms with Crippen molar-refractivity contribution in [3.05, 3.63) is 35.4 Å². The first-order valence-electron chi connectivity index (χ1n) is 11.8. The lowest BCUT2D eigenvalue weighted by molar-refractivity contribution is -0.367. The van der Waals surface area contributed by atoms with Crippen LogP contribution >= 0.6 is 0 Å². The normalized spacial score (nSPS) is 16.1. The summed E-state index contributed by atoms with van der Waals surface area (Å²) in [6, 6.07) is 6.17. The molecule has 9 nitrogen and oxygen atoms in total. The molecule has 1 heterocycles. The molecule has 0 unspecified atom stereocenters. The van der Waals surface area contributed by atoms with E-state index in [1.54, 1.807) is 17.0 Å². The Bertz CT molecular complexity index is 891. The zero-order valence-corrected chi connectivity index (χ0v) is 20.8. The largest absolute Gasteiger partial charge is 0.542 e. The number of quaternary nitrogens is 1. The lowest BCUT2D eigenvalue weighted by Crippen LogP contribution is -2.54. The molecule has 2 atom stereocenters. The van der Waals surface area contributed by atoms with Gasteiger partial charge in [0.05, 0.1) is 6.54 Å². The number of carbonyl (C=O) groups excluding carboxylic acids is 4. The molecule has 202 valence electrons. The van der Waals surface area contributed by atoms with Crippen molar-refractivity contribution in [3.63, 3.8) is 0 Å². The third kappa shape index (κ3) is 10.2. The summed E-state index contributed by atoms with van der Waals surface area (Å²) in [7, 11) is 0. The standard InChI is InChI=1S/C22H34N4O3.C2HF3O2/c1-15(2)14-18(25-20(27)17-9-7-16(3)8-10-17)22(29)26-13-4-6-19(26)21(28)24-12-5-11-23;3-2(4,5)1(6)7/h7-10,15,18-19H,4-6,11-14,23H2,1-3H3,(H,24,28)(H,25,27);(H,6,7)/t18-,19-;/m0./s1. The molecule has 12 heteroatoms. The monoisotopic (exact) mass is 516 g/mol. The molecule has 2 rings (SSSR count). The number of carbonyl (C=O) groups is 4. The fraction of sp³-hybridized carbons (Fsp3) is 0.583. The molecule has 0 aliphatic carbocycles. The summed E-state index contributed by atoms with van der Waals surface area (Å²) in [5.41, 5.74) is 5.37. The minimum atomic E-state index is -5.19. The van der Waals surface area contributed by atoms with Gasteiger partial charge in [-0.3, -0.25) is 14.4 Å². The van der Waals surface area contributed by atoms with E-state index in [0.717, 1.165) is 24.9 Å². The third-order valence-electron chi connectivity index (χ3n) is 5.42. The molecule has 0 spiro atoms. The van der Waals surface area contributed by atoms with Crippen LogP contribution in [0.15, 0.2) is 24.3 Å². The van der Waals surface area contributed by atoms with Crippen LogP contribution in [0.5, 0.6) is 0 Å². The summed E-state index contributed by atoms with van der Waals surface area (Å²) in [4.78, 5) is 48.9. The Morgan fingerprint density at radius 3 is 2.25 bits per heavy atom. The maximum Gasteiger partial charge on any atom is 0.430 e. The molecular weight excluding hydrogens is 481 g/mol. The number of alkyl halides is 3. The number of hydrogen-bond acceptors (Lipinski definition) is 5. The Kier molecular flexibility index (Phi) is 12.4. The summed E-state index contributed by atoms with van der Waals surface area (Å²) in [5.74, 6) is -3.33. The first-order chi connectivity index (χ1) is 16.8. The second kappa shape index (κ2) is 14.4. The van der Waals surface area contributed by atoms with Gasteiger partial charge in [-0.15, -0.1) is 0 Å². The number of nitrogens with zero attached hydrogens (tertiary/aromatic N) is 1. The first kappa shape index (κ1) is 30.9. The van der Waals surface area contributed by atoms with Gasteiger partial charge >= 0.3 is 6.18 Å². The van der Waals surface area contributed by atoms with Gasteiger partial charge in [0.2, 0.25) is 11.8 Å². The molecule has 1 fully saturated rings. The summed E-state index contributed by atoms with van der Waals surface area (Å²) in [6.45, 7) is 7.87. The van der Waals surface area contributed by atoms with Crippen LogP contribution in [0, 0.1) is 12.8 Å². The topological polar surface area (TPSA) is 146 Å². The average Bonchev–Trinajstić information content (AvgIpc) is 3.28. The van der Waals surface area contributed by atoms with E-state index in [1.807, 2.05) is 32.9 Å². The Hall–Kier alpha value is -3.15. The van der Waals surface area contributed by atoms with Gasteiger partial charge in [0.1, 0.15) is 18.1 Å². The van der Waals surface area contributed by atoms with Crippen molar-refractivity contribution >= 4 is 23.7 Å². The highest BCUT2D eigenvalue weighted by atomic mass is 19.4. The summed E-state index contributed by atoms with van der Waals surface area (Å²) in [6.07, 6.45) is -2.40. The molecule has 1 aliphatic rings. The Labute approximate surface area is 208 Å². The average molecular weight is 517 g/mol. The second-order valence-corrected chi connectivity index (χ2v) is 8.99. The molecule has 1 aromatic carbocycles. The molecule has 36 heavy (non-hydrogen) atoms. The Morgan fingerprint density at radius 2 is 1.75 bits per heavy atom. The molecule has 3 amide bonds. The van der Waals surface area contributed by atoms with Gasteiger partial charge in [-0.05, 0) is 44.2 Å². The minimum Gasteiger partial charge on any atom is -0.542 e. The SMILES string of the molecule is Cc1ccc(C(=O)N[C@@H](CC(C)C)C(=O)N2CCC[C@H]2C(=O)NCCC[NH3+])cc1.O=C([O-])C(F)(F)F. The highest BCUT2D eigenvalue weighted by Crippen LogP contribution is 2.21. The van der Waals surface area contributed by atoms with E-state index in [4.69, 9.17) is 9.90 Å². The highest BCUT2D eigenvalue weighted by Gasteiger charge is 2.37. The molecule has 0 saturated carbocycles. The fourth-order valence-electron chi connectivity index (χ4n) is 3.60. The second-order valence-electron chi connectivity index (χ2n) is 8.99. The van der Waals surface area contributed by atoms with E-state index in [0.29, 0.717) is 31.5 Å². The maximum absolute atomic E-state index is 13.3. The van der Waals surface area contributed by atoms with Gasteiger partial charge in [-0.2, -0.15) is 13.2 Å². The van der Waals surface area contributed by atoms with Crippen LogP contribution in [0.1, 0.15) is 55.5 Å². The fourth-order valence-corrected chi connectivity index (χ4v) is 3.60. The number of benzene rings is 1. The summed E-state index contributed by atoms with van der Waals surface area (Å²) >= 11 is 0. The number of aryl methyl sites for hydroxylation is 1. The predicted octanol–water partition coefficient (Wildman–Crippen LogP) is 0.177. The van der Waals surface area contributed by atoms with Gasteiger partial charge in [-0.25, -0.2) is 0 Å². The zero-order valence-electron chi connectivity index (χ0n) is 20.8. The predicted molar refractivity (Wildman–Crippen MR) is 123 cm³/mol. The van der Waals surface area contributed by atoms with Crippen LogP contribution in [0.3, 0.4) is 0 Å². The van der Waals surface area contributed by atoms with E-state index in [2.05, 4.69) is 16.4 Å². The molecule has 1 aromatic rings. The Morgan fingerprint density at radius 1 is 1.17 bits per heavy atom. The number of hydrogen-bond donors (Lipinski definition) is 3. The number of carboxylic acid groups (broad SMARTS) is 1. The molecular formula is C24H35F3N4O5. The van der Waals surface area contributed by atoms with E-state index in [9.17, 15) is 27.6 Å². The number of nitrogens with one attached hydrogen (secondary N) is 2. The summed E-state index contributed by atoms with van der Waals surface area (Å²) < 4.78 is 31.5. The van der Waals surface area contributed by atoms with Crippen molar-refractivity contribution in [1.82, 2.24) is 15.5 Å². The van der Waals surface area contributed by atoms with Crippen LogP contribution in [0.2, 0.25) is 0 Å². The lowest BCUT2D eigenvalue weighted by atomic mass is 10.0. The minimum absolute atomic E-state index is 0.113. The molecule has 1 saturated heterocycles.